The number of rotatable bonds is 3. The molecule has 1 aromatic rings. The Labute approximate surface area is 119 Å². The first-order valence-electron chi connectivity index (χ1n) is 6.54. The zero-order valence-electron chi connectivity index (χ0n) is 10.6. The van der Waals surface area contributed by atoms with Gasteiger partial charge in [0.2, 0.25) is 5.28 Å². The van der Waals surface area contributed by atoms with Crippen molar-refractivity contribution in [2.45, 2.75) is 37.5 Å². The number of alkyl halides is 3. The molecule has 1 saturated heterocycles. The fourth-order valence-electron chi connectivity index (χ4n) is 2.52. The molecule has 1 aliphatic heterocycles. The van der Waals surface area contributed by atoms with Gasteiger partial charge in [0.25, 0.3) is 0 Å². The van der Waals surface area contributed by atoms with Crippen molar-refractivity contribution in [3.63, 3.8) is 0 Å². The van der Waals surface area contributed by atoms with E-state index in [1.54, 1.807) is 0 Å². The summed E-state index contributed by atoms with van der Waals surface area (Å²) in [6.45, 7) is 1.82. The van der Waals surface area contributed by atoms with Gasteiger partial charge >= 0.3 is 6.18 Å². The molecule has 1 unspecified atom stereocenters. The summed E-state index contributed by atoms with van der Waals surface area (Å²) >= 11 is 5.56. The monoisotopic (exact) mass is 306 g/mol. The first-order valence-corrected chi connectivity index (χ1v) is 6.92. The van der Waals surface area contributed by atoms with Crippen LogP contribution in [0.3, 0.4) is 0 Å². The number of likely N-dealkylation sites (tertiary alicyclic amines) is 1. The topological polar surface area (TPSA) is 41.0 Å². The molecule has 2 aliphatic rings. The molecule has 110 valence electrons. The molecule has 0 spiro atoms. The highest BCUT2D eigenvalue weighted by atomic mass is 35.5. The van der Waals surface area contributed by atoms with Crippen molar-refractivity contribution >= 4 is 17.4 Å². The number of hydrogen-bond acceptors (Lipinski definition) is 4. The highest BCUT2D eigenvalue weighted by Crippen LogP contribution is 2.32. The number of nitrogens with one attached hydrogen (secondary N) is 1. The molecule has 20 heavy (non-hydrogen) atoms. The van der Waals surface area contributed by atoms with E-state index in [2.05, 4.69) is 20.2 Å². The summed E-state index contributed by atoms with van der Waals surface area (Å²) in [7, 11) is 0. The average Bonchev–Trinajstić information content (AvgIpc) is 3.09. The first-order chi connectivity index (χ1) is 9.41. The number of halogens is 4. The van der Waals surface area contributed by atoms with Crippen LogP contribution in [0, 0.1) is 0 Å². The Bertz CT molecular complexity index is 504. The maximum absolute atomic E-state index is 12.7. The van der Waals surface area contributed by atoms with Gasteiger partial charge in [0.15, 0.2) is 5.69 Å². The SMILES string of the molecule is FC(F)(F)c1cc(NC2CCN(C3CC3)C2)nc(Cl)n1. The Hall–Kier alpha value is -1.08. The van der Waals surface area contributed by atoms with Crippen LogP contribution in [0.5, 0.6) is 0 Å². The standard InChI is InChI=1S/C12H14ClF3N4/c13-11-18-9(12(14,15)16)5-10(19-11)17-7-3-4-20(6-7)8-1-2-8/h5,7-8H,1-4,6H2,(H,17,18,19). The lowest BCUT2D eigenvalue weighted by Gasteiger charge is -2.16. The Morgan fingerprint density at radius 2 is 2.00 bits per heavy atom. The van der Waals surface area contributed by atoms with Crippen molar-refractivity contribution in [1.29, 1.82) is 0 Å². The van der Waals surface area contributed by atoms with E-state index in [0.29, 0.717) is 6.04 Å². The van der Waals surface area contributed by atoms with Crippen molar-refractivity contribution in [3.05, 3.63) is 17.0 Å². The molecule has 1 aromatic heterocycles. The van der Waals surface area contributed by atoms with Crippen molar-refractivity contribution in [2.75, 3.05) is 18.4 Å². The second-order valence-electron chi connectivity index (χ2n) is 5.26. The summed E-state index contributed by atoms with van der Waals surface area (Å²) in [6, 6.07) is 1.69. The summed E-state index contributed by atoms with van der Waals surface area (Å²) in [5.74, 6) is 0.139. The van der Waals surface area contributed by atoms with Crippen LogP contribution in [-0.4, -0.2) is 40.0 Å². The molecular formula is C12H14ClF3N4. The van der Waals surface area contributed by atoms with E-state index in [0.717, 1.165) is 25.6 Å². The van der Waals surface area contributed by atoms with E-state index in [1.807, 2.05) is 0 Å². The van der Waals surface area contributed by atoms with Gasteiger partial charge in [0.05, 0.1) is 0 Å². The quantitative estimate of drug-likeness (QED) is 0.872. The van der Waals surface area contributed by atoms with Crippen LogP contribution in [-0.2, 0) is 6.18 Å². The summed E-state index contributed by atoms with van der Waals surface area (Å²) in [5, 5.41) is 2.64. The van der Waals surface area contributed by atoms with Gasteiger partial charge < -0.3 is 5.32 Å². The molecule has 1 atom stereocenters. The smallest absolute Gasteiger partial charge is 0.366 e. The Morgan fingerprint density at radius 1 is 1.25 bits per heavy atom. The molecule has 8 heteroatoms. The van der Waals surface area contributed by atoms with Gasteiger partial charge in [-0.05, 0) is 30.9 Å². The Kier molecular flexibility index (Phi) is 3.50. The van der Waals surface area contributed by atoms with E-state index in [-0.39, 0.29) is 17.1 Å². The van der Waals surface area contributed by atoms with Crippen LogP contribution in [0.4, 0.5) is 19.0 Å². The van der Waals surface area contributed by atoms with Gasteiger partial charge in [-0.15, -0.1) is 0 Å². The van der Waals surface area contributed by atoms with Crippen molar-refractivity contribution in [3.8, 4) is 0 Å². The van der Waals surface area contributed by atoms with Gasteiger partial charge in [0, 0.05) is 31.2 Å². The Balaban J connectivity index is 1.69. The predicted octanol–water partition coefficient (Wildman–Crippen LogP) is 2.80. The van der Waals surface area contributed by atoms with E-state index >= 15 is 0 Å². The molecule has 0 radical (unpaired) electrons. The molecular weight excluding hydrogens is 293 g/mol. The van der Waals surface area contributed by atoms with Gasteiger partial charge in [-0.25, -0.2) is 9.97 Å². The van der Waals surface area contributed by atoms with Gasteiger partial charge in [-0.1, -0.05) is 0 Å². The normalized spacial score (nSPS) is 24.1. The minimum absolute atomic E-state index is 0.114. The van der Waals surface area contributed by atoms with E-state index in [1.165, 1.54) is 12.8 Å². The maximum atomic E-state index is 12.7. The highest BCUT2D eigenvalue weighted by Gasteiger charge is 2.36. The van der Waals surface area contributed by atoms with Crippen LogP contribution in [0.25, 0.3) is 0 Å². The molecule has 0 aromatic carbocycles. The molecule has 0 amide bonds. The second-order valence-corrected chi connectivity index (χ2v) is 5.60. The molecule has 2 heterocycles. The largest absolute Gasteiger partial charge is 0.433 e. The second kappa shape index (κ2) is 5.04. The number of hydrogen-bond donors (Lipinski definition) is 1. The van der Waals surface area contributed by atoms with E-state index < -0.39 is 11.9 Å². The van der Waals surface area contributed by atoms with Crippen molar-refractivity contribution in [1.82, 2.24) is 14.9 Å². The lowest BCUT2D eigenvalue weighted by atomic mass is 10.2. The Morgan fingerprint density at radius 3 is 2.65 bits per heavy atom. The van der Waals surface area contributed by atoms with Crippen LogP contribution in [0.1, 0.15) is 25.0 Å². The van der Waals surface area contributed by atoms with Crippen molar-refractivity contribution < 1.29 is 13.2 Å². The fourth-order valence-corrected chi connectivity index (χ4v) is 2.70. The predicted molar refractivity (Wildman–Crippen MR) is 68.7 cm³/mol. The summed E-state index contributed by atoms with van der Waals surface area (Å²) in [6.07, 6.45) is -1.16. The van der Waals surface area contributed by atoms with Gasteiger partial charge in [0.1, 0.15) is 5.82 Å². The van der Waals surface area contributed by atoms with E-state index in [9.17, 15) is 13.2 Å². The zero-order valence-corrected chi connectivity index (χ0v) is 11.4. The summed E-state index contributed by atoms with van der Waals surface area (Å²) in [4.78, 5) is 9.40. The molecule has 1 saturated carbocycles. The van der Waals surface area contributed by atoms with Gasteiger partial charge in [-0.3, -0.25) is 4.90 Å². The fraction of sp³-hybridized carbons (Fsp3) is 0.667. The van der Waals surface area contributed by atoms with Crippen LogP contribution < -0.4 is 5.32 Å². The van der Waals surface area contributed by atoms with Crippen LogP contribution >= 0.6 is 11.6 Å². The molecule has 4 nitrogen and oxygen atoms in total. The van der Waals surface area contributed by atoms with Gasteiger partial charge in [-0.2, -0.15) is 13.2 Å². The molecule has 1 aliphatic carbocycles. The first kappa shape index (κ1) is 13.9. The molecule has 3 rings (SSSR count). The number of anilines is 1. The van der Waals surface area contributed by atoms with Crippen LogP contribution in [0.2, 0.25) is 5.28 Å². The minimum atomic E-state index is -4.52. The minimum Gasteiger partial charge on any atom is -0.366 e. The third-order valence-corrected chi connectivity index (χ3v) is 3.79. The highest BCUT2D eigenvalue weighted by molar-refractivity contribution is 6.28. The van der Waals surface area contributed by atoms with Crippen LogP contribution in [0.15, 0.2) is 6.07 Å². The molecule has 2 fully saturated rings. The third kappa shape index (κ3) is 3.15. The number of aromatic nitrogens is 2. The lowest BCUT2D eigenvalue weighted by molar-refractivity contribution is -0.141. The lowest BCUT2D eigenvalue weighted by Crippen LogP contribution is -2.28. The summed E-state index contributed by atoms with van der Waals surface area (Å²) < 4.78 is 38.0. The van der Waals surface area contributed by atoms with E-state index in [4.69, 9.17) is 11.6 Å². The summed E-state index contributed by atoms with van der Waals surface area (Å²) in [5.41, 5.74) is -1.02. The van der Waals surface area contributed by atoms with Crippen molar-refractivity contribution in [2.24, 2.45) is 0 Å². The maximum Gasteiger partial charge on any atom is 0.433 e. The number of nitrogens with zero attached hydrogens (tertiary/aromatic N) is 3. The average molecular weight is 307 g/mol. The zero-order chi connectivity index (χ0) is 14.3. The molecule has 0 bridgehead atoms. The molecule has 1 N–H and O–H groups in total. The third-order valence-electron chi connectivity index (χ3n) is 3.62.